The third-order valence-corrected chi connectivity index (χ3v) is 2.49. The van der Waals surface area contributed by atoms with Gasteiger partial charge in [0.25, 0.3) is 0 Å². The molecule has 1 rings (SSSR count). The van der Waals surface area contributed by atoms with Gasteiger partial charge in [-0.2, -0.15) is 0 Å². The maximum atomic E-state index is 11.4. The van der Waals surface area contributed by atoms with Gasteiger partial charge in [-0.05, 0) is 20.8 Å². The van der Waals surface area contributed by atoms with E-state index in [0.717, 1.165) is 11.3 Å². The molecule has 0 bridgehead atoms. The van der Waals surface area contributed by atoms with Crippen LogP contribution in [0.15, 0.2) is 0 Å². The first-order valence-corrected chi connectivity index (χ1v) is 5.78. The van der Waals surface area contributed by atoms with E-state index in [1.165, 1.54) is 0 Å². The zero-order chi connectivity index (χ0) is 13.2. The van der Waals surface area contributed by atoms with Crippen molar-refractivity contribution in [1.29, 1.82) is 0 Å². The standard InChI is InChI=1S/C9H11ClN2O4S/c1-9(2,3)16-8(15)12-5-4(6(13)14)11-7(10)17-5/h1-3H3,(H,12,15)(H,13,14). The van der Waals surface area contributed by atoms with E-state index in [1.807, 2.05) is 0 Å². The van der Waals surface area contributed by atoms with Crippen LogP contribution in [-0.4, -0.2) is 27.8 Å². The highest BCUT2D eigenvalue weighted by Crippen LogP contribution is 2.28. The number of ether oxygens (including phenoxy) is 1. The SMILES string of the molecule is CC(C)(C)OC(=O)Nc1sc(Cl)nc1C(=O)O. The van der Waals surface area contributed by atoms with Gasteiger partial charge in [-0.25, -0.2) is 14.6 Å². The van der Waals surface area contributed by atoms with Crippen LogP contribution in [0.5, 0.6) is 0 Å². The van der Waals surface area contributed by atoms with Crippen LogP contribution >= 0.6 is 22.9 Å². The molecule has 0 spiro atoms. The molecule has 1 heterocycles. The topological polar surface area (TPSA) is 88.5 Å². The first-order chi connectivity index (χ1) is 7.69. The Morgan fingerprint density at radius 1 is 1.47 bits per heavy atom. The summed E-state index contributed by atoms with van der Waals surface area (Å²) in [5.41, 5.74) is -0.965. The van der Waals surface area contributed by atoms with Crippen LogP contribution in [0.4, 0.5) is 9.80 Å². The Labute approximate surface area is 107 Å². The van der Waals surface area contributed by atoms with Crippen molar-refractivity contribution in [3.05, 3.63) is 10.2 Å². The van der Waals surface area contributed by atoms with Gasteiger partial charge in [0.2, 0.25) is 0 Å². The minimum atomic E-state index is -1.26. The minimum Gasteiger partial charge on any atom is -0.476 e. The highest BCUT2D eigenvalue weighted by Gasteiger charge is 2.22. The molecule has 0 aliphatic rings. The lowest BCUT2D eigenvalue weighted by Gasteiger charge is -2.19. The van der Waals surface area contributed by atoms with Gasteiger partial charge in [0.1, 0.15) is 10.6 Å². The molecular formula is C9H11ClN2O4S. The second-order valence-electron chi connectivity index (χ2n) is 4.08. The Morgan fingerprint density at radius 3 is 2.53 bits per heavy atom. The number of hydrogen-bond acceptors (Lipinski definition) is 5. The average molecular weight is 279 g/mol. The van der Waals surface area contributed by atoms with E-state index in [4.69, 9.17) is 21.4 Å². The van der Waals surface area contributed by atoms with E-state index in [9.17, 15) is 9.59 Å². The van der Waals surface area contributed by atoms with Gasteiger partial charge < -0.3 is 9.84 Å². The summed E-state index contributed by atoms with van der Waals surface area (Å²) in [4.78, 5) is 25.8. The molecule has 0 aliphatic carbocycles. The molecule has 0 atom stereocenters. The van der Waals surface area contributed by atoms with Crippen LogP contribution in [0.2, 0.25) is 4.47 Å². The molecule has 0 aromatic carbocycles. The molecule has 0 saturated carbocycles. The molecule has 0 unspecified atom stereocenters. The Kier molecular flexibility index (Phi) is 3.94. The van der Waals surface area contributed by atoms with E-state index in [2.05, 4.69) is 10.3 Å². The number of aromatic carboxylic acids is 1. The number of nitrogens with zero attached hydrogens (tertiary/aromatic N) is 1. The molecule has 0 saturated heterocycles. The number of carbonyl (C=O) groups is 2. The number of hydrogen-bond donors (Lipinski definition) is 2. The second kappa shape index (κ2) is 4.89. The summed E-state index contributed by atoms with van der Waals surface area (Å²) in [5, 5.41) is 11.2. The molecule has 6 nitrogen and oxygen atoms in total. The number of nitrogens with one attached hydrogen (secondary N) is 1. The van der Waals surface area contributed by atoms with Crippen LogP contribution < -0.4 is 5.32 Å². The first kappa shape index (κ1) is 13.7. The van der Waals surface area contributed by atoms with E-state index < -0.39 is 17.7 Å². The lowest BCUT2D eigenvalue weighted by atomic mass is 10.2. The number of amides is 1. The van der Waals surface area contributed by atoms with Gasteiger partial charge in [-0.3, -0.25) is 5.32 Å². The van der Waals surface area contributed by atoms with Crippen LogP contribution in [-0.2, 0) is 4.74 Å². The van der Waals surface area contributed by atoms with Gasteiger partial charge in [-0.15, -0.1) is 0 Å². The highest BCUT2D eigenvalue weighted by molar-refractivity contribution is 7.20. The van der Waals surface area contributed by atoms with Crippen molar-refractivity contribution in [3.8, 4) is 0 Å². The summed E-state index contributed by atoms with van der Waals surface area (Å²) < 4.78 is 5.01. The molecule has 94 valence electrons. The van der Waals surface area contributed by atoms with Crippen molar-refractivity contribution in [3.63, 3.8) is 0 Å². The fourth-order valence-electron chi connectivity index (χ4n) is 0.920. The number of anilines is 1. The van der Waals surface area contributed by atoms with Gasteiger partial charge in [-0.1, -0.05) is 22.9 Å². The summed E-state index contributed by atoms with van der Waals surface area (Å²) in [5.74, 6) is -1.26. The molecule has 17 heavy (non-hydrogen) atoms. The number of carboxylic acids is 1. The Hall–Kier alpha value is -1.34. The predicted molar refractivity (Wildman–Crippen MR) is 63.9 cm³/mol. The monoisotopic (exact) mass is 278 g/mol. The van der Waals surface area contributed by atoms with Crippen molar-refractivity contribution < 1.29 is 19.4 Å². The third kappa shape index (κ3) is 4.20. The number of carbonyl (C=O) groups excluding carboxylic acids is 1. The van der Waals surface area contributed by atoms with E-state index in [1.54, 1.807) is 20.8 Å². The smallest absolute Gasteiger partial charge is 0.412 e. The quantitative estimate of drug-likeness (QED) is 0.868. The average Bonchev–Trinajstić information content (AvgIpc) is 2.42. The fraction of sp³-hybridized carbons (Fsp3) is 0.444. The molecule has 0 aliphatic heterocycles. The summed E-state index contributed by atoms with van der Waals surface area (Å²) in [6.07, 6.45) is -0.750. The number of thiazole rings is 1. The molecule has 1 amide bonds. The lowest BCUT2D eigenvalue weighted by molar-refractivity contribution is 0.0636. The maximum Gasteiger partial charge on any atom is 0.412 e. The molecule has 1 aromatic rings. The second-order valence-corrected chi connectivity index (χ2v) is 5.66. The first-order valence-electron chi connectivity index (χ1n) is 4.58. The molecule has 8 heteroatoms. The van der Waals surface area contributed by atoms with Gasteiger partial charge in [0.15, 0.2) is 10.2 Å². The zero-order valence-electron chi connectivity index (χ0n) is 9.41. The molecule has 1 aromatic heterocycles. The van der Waals surface area contributed by atoms with Crippen LogP contribution in [0, 0.1) is 0 Å². The third-order valence-electron chi connectivity index (χ3n) is 1.42. The molecule has 2 N–H and O–H groups in total. The summed E-state index contributed by atoms with van der Waals surface area (Å²) in [6.45, 7) is 5.10. The maximum absolute atomic E-state index is 11.4. The van der Waals surface area contributed by atoms with Gasteiger partial charge in [0.05, 0.1) is 0 Å². The molecular weight excluding hydrogens is 268 g/mol. The zero-order valence-corrected chi connectivity index (χ0v) is 11.0. The Balaban J connectivity index is 2.81. The van der Waals surface area contributed by atoms with Crippen molar-refractivity contribution in [2.75, 3.05) is 5.32 Å². The number of rotatable bonds is 2. The van der Waals surface area contributed by atoms with Crippen LogP contribution in [0.25, 0.3) is 0 Å². The number of carboxylic acid groups (broad SMARTS) is 1. The van der Waals surface area contributed by atoms with Crippen molar-refractivity contribution in [2.24, 2.45) is 0 Å². The number of halogens is 1. The number of aromatic nitrogens is 1. The summed E-state index contributed by atoms with van der Waals surface area (Å²) in [7, 11) is 0. The van der Waals surface area contributed by atoms with Crippen LogP contribution in [0.3, 0.4) is 0 Å². The van der Waals surface area contributed by atoms with E-state index in [-0.39, 0.29) is 15.2 Å². The summed E-state index contributed by atoms with van der Waals surface area (Å²) in [6, 6.07) is 0. The summed E-state index contributed by atoms with van der Waals surface area (Å²) >= 11 is 6.44. The normalized spacial score (nSPS) is 11.1. The van der Waals surface area contributed by atoms with Gasteiger partial charge >= 0.3 is 12.1 Å². The lowest BCUT2D eigenvalue weighted by Crippen LogP contribution is -2.27. The molecule has 0 radical (unpaired) electrons. The minimum absolute atomic E-state index is 0.0356. The van der Waals surface area contributed by atoms with Crippen molar-refractivity contribution in [1.82, 2.24) is 4.98 Å². The molecule has 0 fully saturated rings. The van der Waals surface area contributed by atoms with E-state index >= 15 is 0 Å². The van der Waals surface area contributed by atoms with Gasteiger partial charge in [0, 0.05) is 0 Å². The fourth-order valence-corrected chi connectivity index (χ4v) is 1.91. The predicted octanol–water partition coefficient (Wildman–Crippen LogP) is 2.84. The highest BCUT2D eigenvalue weighted by atomic mass is 35.5. The van der Waals surface area contributed by atoms with E-state index in [0.29, 0.717) is 0 Å². The van der Waals surface area contributed by atoms with Crippen LogP contribution in [0.1, 0.15) is 31.3 Å². The Morgan fingerprint density at radius 2 is 2.06 bits per heavy atom. The van der Waals surface area contributed by atoms with Crippen molar-refractivity contribution in [2.45, 2.75) is 26.4 Å². The Bertz CT molecular complexity index is 452. The largest absolute Gasteiger partial charge is 0.476 e. The van der Waals surface area contributed by atoms with Crippen molar-refractivity contribution >= 4 is 40.0 Å².